The smallest absolute Gasteiger partial charge is 0.315 e. The molecule has 3 atom stereocenters. The van der Waals surface area contributed by atoms with E-state index in [1.165, 1.54) is 12.8 Å². The fourth-order valence-electron chi connectivity index (χ4n) is 4.46. The molecule has 3 rings (SSSR count). The zero-order chi connectivity index (χ0) is 15.0. The summed E-state index contributed by atoms with van der Waals surface area (Å²) in [7, 11) is 2.17. The number of hydrogen-bond donors (Lipinski definition) is 2. The lowest BCUT2D eigenvalue weighted by atomic mass is 9.65. The molecule has 0 amide bonds. The lowest BCUT2D eigenvalue weighted by Crippen LogP contribution is -2.54. The maximum absolute atomic E-state index is 12.2. The predicted molar refractivity (Wildman–Crippen MR) is 82.1 cm³/mol. The Morgan fingerprint density at radius 1 is 1.29 bits per heavy atom. The van der Waals surface area contributed by atoms with Crippen LogP contribution in [0.4, 0.5) is 0 Å². The van der Waals surface area contributed by atoms with Gasteiger partial charge in [-0.15, -0.1) is 0 Å². The molecule has 2 fully saturated rings. The van der Waals surface area contributed by atoms with Crippen molar-refractivity contribution in [3.8, 4) is 0 Å². The second kappa shape index (κ2) is 5.43. The second-order valence-corrected chi connectivity index (χ2v) is 6.57. The maximum atomic E-state index is 12.2. The topological polar surface area (TPSA) is 66.6 Å². The summed E-state index contributed by atoms with van der Waals surface area (Å²) in [6, 6.07) is 10.6. The van der Waals surface area contributed by atoms with Crippen LogP contribution in [0.25, 0.3) is 0 Å². The first kappa shape index (κ1) is 14.5. The molecule has 4 nitrogen and oxygen atoms in total. The first-order valence-electron chi connectivity index (χ1n) is 7.80. The highest BCUT2D eigenvalue weighted by Crippen LogP contribution is 2.46. The van der Waals surface area contributed by atoms with Gasteiger partial charge in [-0.1, -0.05) is 30.3 Å². The van der Waals surface area contributed by atoms with Gasteiger partial charge in [-0.2, -0.15) is 0 Å². The third-order valence-electron chi connectivity index (χ3n) is 5.79. The zero-order valence-corrected chi connectivity index (χ0v) is 12.5. The fourth-order valence-corrected chi connectivity index (χ4v) is 4.46. The molecule has 2 saturated heterocycles. The molecule has 3 unspecified atom stereocenters. The molecule has 1 aromatic rings. The van der Waals surface area contributed by atoms with E-state index in [1.54, 1.807) is 0 Å². The van der Waals surface area contributed by atoms with Crippen LogP contribution in [0.15, 0.2) is 30.3 Å². The molecular formula is C17H24N2O2. The van der Waals surface area contributed by atoms with E-state index in [9.17, 15) is 9.90 Å². The molecule has 0 aliphatic carbocycles. The van der Waals surface area contributed by atoms with Crippen LogP contribution < -0.4 is 5.73 Å². The number of nitrogens with two attached hydrogens (primary N) is 1. The number of aliphatic carboxylic acids is 1. The van der Waals surface area contributed by atoms with Gasteiger partial charge >= 0.3 is 5.97 Å². The molecule has 0 saturated carbocycles. The van der Waals surface area contributed by atoms with Gasteiger partial charge < -0.3 is 15.7 Å². The zero-order valence-electron chi connectivity index (χ0n) is 12.5. The summed E-state index contributed by atoms with van der Waals surface area (Å²) in [5.74, 6) is -0.652. The number of benzene rings is 1. The van der Waals surface area contributed by atoms with Gasteiger partial charge in [0.2, 0.25) is 0 Å². The van der Waals surface area contributed by atoms with E-state index >= 15 is 0 Å². The van der Waals surface area contributed by atoms with Crippen LogP contribution in [0.2, 0.25) is 0 Å². The molecule has 0 aromatic heterocycles. The van der Waals surface area contributed by atoms with E-state index in [0.717, 1.165) is 18.4 Å². The quantitative estimate of drug-likeness (QED) is 0.887. The Hall–Kier alpha value is -1.39. The minimum atomic E-state index is -0.941. The molecule has 4 heteroatoms. The Balaban J connectivity index is 1.99. The largest absolute Gasteiger partial charge is 0.481 e. The Kier molecular flexibility index (Phi) is 3.76. The van der Waals surface area contributed by atoms with Crippen molar-refractivity contribution in [1.29, 1.82) is 0 Å². The van der Waals surface area contributed by atoms with Crippen molar-refractivity contribution in [3.05, 3.63) is 35.9 Å². The molecule has 2 heterocycles. The molecule has 1 aromatic carbocycles. The highest BCUT2D eigenvalue weighted by Gasteiger charge is 2.51. The summed E-state index contributed by atoms with van der Waals surface area (Å²) >= 11 is 0. The molecule has 2 bridgehead atoms. The number of carboxylic acids is 1. The van der Waals surface area contributed by atoms with Crippen molar-refractivity contribution >= 4 is 5.97 Å². The van der Waals surface area contributed by atoms with Crippen molar-refractivity contribution in [2.75, 3.05) is 13.6 Å². The van der Waals surface area contributed by atoms with Crippen molar-refractivity contribution in [2.24, 2.45) is 11.7 Å². The number of hydrogen-bond acceptors (Lipinski definition) is 3. The van der Waals surface area contributed by atoms with Crippen molar-refractivity contribution in [1.82, 2.24) is 4.90 Å². The van der Waals surface area contributed by atoms with E-state index in [-0.39, 0.29) is 12.5 Å². The summed E-state index contributed by atoms with van der Waals surface area (Å²) in [5, 5.41) is 9.99. The van der Waals surface area contributed by atoms with Gasteiger partial charge in [0.1, 0.15) is 5.41 Å². The van der Waals surface area contributed by atoms with E-state index in [0.29, 0.717) is 12.1 Å². The van der Waals surface area contributed by atoms with Gasteiger partial charge in [-0.05, 0) is 44.2 Å². The average molecular weight is 288 g/mol. The van der Waals surface area contributed by atoms with Crippen molar-refractivity contribution in [2.45, 2.75) is 43.2 Å². The minimum absolute atomic E-state index is 0.121. The normalized spacial score (nSPS) is 31.8. The standard InChI is InChI=1S/C17H24N2O2/c1-19-14-7-8-15(19)10-13(9-14)17(11-18,16(20)21)12-5-3-2-4-6-12/h2-6,13-15H,7-11,18H2,1H3,(H,20,21). The first-order chi connectivity index (χ1) is 10.1. The maximum Gasteiger partial charge on any atom is 0.315 e. The average Bonchev–Trinajstić information content (AvgIpc) is 2.71. The molecule has 21 heavy (non-hydrogen) atoms. The Bertz CT molecular complexity index is 505. The summed E-state index contributed by atoms with van der Waals surface area (Å²) in [4.78, 5) is 14.6. The lowest BCUT2D eigenvalue weighted by Gasteiger charge is -2.44. The number of fused-ring (bicyclic) bond motifs is 2. The van der Waals surface area contributed by atoms with Gasteiger partial charge in [-0.3, -0.25) is 4.79 Å². The summed E-state index contributed by atoms with van der Waals surface area (Å²) < 4.78 is 0. The summed E-state index contributed by atoms with van der Waals surface area (Å²) in [6.45, 7) is 0.167. The van der Waals surface area contributed by atoms with E-state index < -0.39 is 11.4 Å². The van der Waals surface area contributed by atoms with Crippen LogP contribution in [0, 0.1) is 5.92 Å². The van der Waals surface area contributed by atoms with Crippen LogP contribution in [0.5, 0.6) is 0 Å². The highest BCUT2D eigenvalue weighted by molar-refractivity contribution is 5.82. The third kappa shape index (κ3) is 2.17. The van der Waals surface area contributed by atoms with Gasteiger partial charge in [0.25, 0.3) is 0 Å². The molecule has 2 aliphatic heterocycles. The number of piperidine rings is 1. The molecule has 3 N–H and O–H groups in total. The van der Waals surface area contributed by atoms with Crippen molar-refractivity contribution < 1.29 is 9.90 Å². The van der Waals surface area contributed by atoms with Crippen molar-refractivity contribution in [3.63, 3.8) is 0 Å². The van der Waals surface area contributed by atoms with Crippen LogP contribution in [0.3, 0.4) is 0 Å². The lowest BCUT2D eigenvalue weighted by molar-refractivity contribution is -0.147. The molecule has 0 spiro atoms. The Labute approximate surface area is 125 Å². The summed E-state index contributed by atoms with van der Waals surface area (Å²) in [5.41, 5.74) is 5.94. The van der Waals surface area contributed by atoms with E-state index in [1.807, 2.05) is 30.3 Å². The summed E-state index contributed by atoms with van der Waals surface area (Å²) in [6.07, 6.45) is 4.25. The van der Waals surface area contributed by atoms with Gasteiger partial charge in [0.15, 0.2) is 0 Å². The van der Waals surface area contributed by atoms with Crippen LogP contribution >= 0.6 is 0 Å². The predicted octanol–water partition coefficient (Wildman–Crippen LogP) is 1.84. The van der Waals surface area contributed by atoms with Gasteiger partial charge in [0.05, 0.1) is 0 Å². The molecule has 2 aliphatic rings. The van der Waals surface area contributed by atoms with Crippen LogP contribution in [0.1, 0.15) is 31.2 Å². The number of rotatable bonds is 4. The molecule has 114 valence electrons. The SMILES string of the molecule is CN1C2CCC1CC(C(CN)(C(=O)O)c1ccccc1)C2. The third-order valence-corrected chi connectivity index (χ3v) is 5.79. The van der Waals surface area contributed by atoms with Crippen LogP contribution in [-0.4, -0.2) is 41.7 Å². The molecular weight excluding hydrogens is 264 g/mol. The highest BCUT2D eigenvalue weighted by atomic mass is 16.4. The van der Waals surface area contributed by atoms with Crippen LogP contribution in [-0.2, 0) is 10.2 Å². The second-order valence-electron chi connectivity index (χ2n) is 6.57. The monoisotopic (exact) mass is 288 g/mol. The van der Waals surface area contributed by atoms with Gasteiger partial charge in [-0.25, -0.2) is 0 Å². The van der Waals surface area contributed by atoms with E-state index in [2.05, 4.69) is 11.9 Å². The van der Waals surface area contributed by atoms with Gasteiger partial charge in [0, 0.05) is 18.6 Å². The number of carboxylic acid groups (broad SMARTS) is 1. The Morgan fingerprint density at radius 3 is 2.33 bits per heavy atom. The number of nitrogens with zero attached hydrogens (tertiary/aromatic N) is 1. The van der Waals surface area contributed by atoms with E-state index in [4.69, 9.17) is 5.73 Å². The molecule has 0 radical (unpaired) electrons. The first-order valence-corrected chi connectivity index (χ1v) is 7.80. The Morgan fingerprint density at radius 2 is 1.86 bits per heavy atom. The fraction of sp³-hybridized carbons (Fsp3) is 0.588. The minimum Gasteiger partial charge on any atom is -0.481 e. The number of carbonyl (C=O) groups is 1.